The van der Waals surface area contributed by atoms with E-state index in [9.17, 15) is 24.0 Å². The van der Waals surface area contributed by atoms with Gasteiger partial charge in [0.1, 0.15) is 35.9 Å². The standard InChI is InChI=1S/C25H35ClN2O6S.CH3FS/c1-12-4-6-14(7-5-12)15-8-9-33-22-16(10-15)11-27-18(22)24(32)28-17(13(2)26)23-20(30)19(29)21(31)25(34-23)35-3;1-3-2/h4-8,13,16-23,25,27,29-31H,9-11H2,1-3H3,(H,28,32);1H3/t13-,16-,17+,18-,19+,20?,21+,22+,23+,25?;/m0./s1. The Kier molecular flexibility index (Phi) is 12.2. The number of aliphatic hydroxyl groups is 3. The summed E-state index contributed by atoms with van der Waals surface area (Å²) in [6, 6.07) is 7.04. The minimum absolute atomic E-state index is 0.127. The molecular formula is C26H38ClFN2O6S2. The number of benzene rings is 1. The van der Waals surface area contributed by atoms with Gasteiger partial charge in [0.2, 0.25) is 5.91 Å². The van der Waals surface area contributed by atoms with Crippen molar-refractivity contribution in [2.45, 2.75) is 73.7 Å². The van der Waals surface area contributed by atoms with Gasteiger partial charge in [-0.05, 0) is 37.7 Å². The first kappa shape index (κ1) is 31.6. The van der Waals surface area contributed by atoms with Crippen molar-refractivity contribution in [1.82, 2.24) is 10.6 Å². The van der Waals surface area contributed by atoms with Crippen LogP contribution < -0.4 is 10.6 Å². The molecule has 3 heterocycles. The zero-order valence-corrected chi connectivity index (χ0v) is 24.3. The van der Waals surface area contributed by atoms with Crippen molar-refractivity contribution in [3.05, 3.63) is 41.5 Å². The van der Waals surface area contributed by atoms with Gasteiger partial charge < -0.3 is 35.4 Å². The number of allylic oxidation sites excluding steroid dienone is 1. The van der Waals surface area contributed by atoms with Gasteiger partial charge in [-0.1, -0.05) is 35.9 Å². The van der Waals surface area contributed by atoms with E-state index in [1.165, 1.54) is 29.2 Å². The zero-order valence-electron chi connectivity index (χ0n) is 21.9. The van der Waals surface area contributed by atoms with Crippen molar-refractivity contribution in [2.75, 3.05) is 25.7 Å². The van der Waals surface area contributed by atoms with Crippen LogP contribution in [-0.4, -0.2) is 100 Å². The van der Waals surface area contributed by atoms with Crippen LogP contribution in [0.3, 0.4) is 0 Å². The van der Waals surface area contributed by atoms with Crippen LogP contribution in [-0.2, 0) is 14.3 Å². The Labute approximate surface area is 237 Å². The smallest absolute Gasteiger partial charge is 0.240 e. The van der Waals surface area contributed by atoms with Crippen molar-refractivity contribution in [3.8, 4) is 0 Å². The molecule has 2 unspecified atom stereocenters. The number of amides is 1. The normalized spacial score (nSPS) is 34.6. The number of halogens is 2. The number of hydrogen-bond acceptors (Lipinski definition) is 9. The fourth-order valence-corrected chi connectivity index (χ4v) is 6.04. The lowest BCUT2D eigenvalue weighted by atomic mass is 9.90. The van der Waals surface area contributed by atoms with E-state index in [1.54, 1.807) is 13.2 Å². The fraction of sp³-hybridized carbons (Fsp3) is 0.654. The zero-order chi connectivity index (χ0) is 28.0. The molecule has 2 fully saturated rings. The Bertz CT molecular complexity index is 941. The van der Waals surface area contributed by atoms with Crippen LogP contribution in [0.4, 0.5) is 3.89 Å². The van der Waals surface area contributed by atoms with E-state index in [4.69, 9.17) is 21.1 Å². The van der Waals surface area contributed by atoms with Crippen LogP contribution in [0.15, 0.2) is 30.3 Å². The monoisotopic (exact) mass is 592 g/mol. The lowest BCUT2D eigenvalue weighted by Gasteiger charge is -2.44. The summed E-state index contributed by atoms with van der Waals surface area (Å²) in [6.45, 7) is 4.80. The van der Waals surface area contributed by atoms with Crippen LogP contribution in [0, 0.1) is 12.8 Å². The summed E-state index contributed by atoms with van der Waals surface area (Å²) in [5.74, 6) is -0.173. The molecule has 2 saturated heterocycles. The Morgan fingerprint density at radius 3 is 2.45 bits per heavy atom. The highest BCUT2D eigenvalue weighted by molar-refractivity contribution is 7.99. The molecule has 0 saturated carbocycles. The second-order valence-corrected chi connectivity index (χ2v) is 11.7. The number of hydrogen-bond donors (Lipinski definition) is 5. The Balaban J connectivity index is 0.00000127. The maximum absolute atomic E-state index is 13.4. The first-order valence-corrected chi connectivity index (χ1v) is 15.4. The topological polar surface area (TPSA) is 120 Å². The Hall–Kier alpha value is -0.890. The second kappa shape index (κ2) is 14.7. The summed E-state index contributed by atoms with van der Waals surface area (Å²) in [7, 11) is 0. The number of rotatable bonds is 6. The molecule has 0 spiro atoms. The number of carbonyl (C=O) groups is 1. The number of aliphatic hydroxyl groups excluding tert-OH is 3. The van der Waals surface area contributed by atoms with Crippen LogP contribution in [0.5, 0.6) is 0 Å². The van der Waals surface area contributed by atoms with Crippen molar-refractivity contribution < 1.29 is 33.5 Å². The summed E-state index contributed by atoms with van der Waals surface area (Å²) < 4.78 is 22.2. The quantitative estimate of drug-likeness (QED) is 0.317. The SMILES string of the molecule is CSC1O[C@H]([C@H](NC(=O)[C@H]2NC[C@@H]3CC(c4ccc(C)cc4)=CCO[C@H]32)[C@H](C)Cl)C(O)[C@@H](O)[C@H]1O.CSF. The van der Waals surface area contributed by atoms with Crippen LogP contribution in [0.1, 0.15) is 24.5 Å². The molecular weight excluding hydrogens is 555 g/mol. The van der Waals surface area contributed by atoms with Gasteiger partial charge in [-0.2, -0.15) is 3.89 Å². The van der Waals surface area contributed by atoms with Gasteiger partial charge in [0.25, 0.3) is 0 Å². The van der Waals surface area contributed by atoms with E-state index in [2.05, 4.69) is 47.9 Å². The summed E-state index contributed by atoms with van der Waals surface area (Å²) >= 11 is 7.88. The molecule has 5 N–H and O–H groups in total. The van der Waals surface area contributed by atoms with Gasteiger partial charge in [-0.15, -0.1) is 23.4 Å². The Morgan fingerprint density at radius 1 is 1.18 bits per heavy atom. The molecule has 8 nitrogen and oxygen atoms in total. The van der Waals surface area contributed by atoms with E-state index >= 15 is 0 Å². The number of aryl methyl sites for hydroxylation is 1. The summed E-state index contributed by atoms with van der Waals surface area (Å²) in [5, 5.41) is 36.7. The predicted octanol–water partition coefficient (Wildman–Crippen LogP) is 2.27. The van der Waals surface area contributed by atoms with Gasteiger partial charge in [-0.25, -0.2) is 0 Å². The van der Waals surface area contributed by atoms with Crippen LogP contribution in [0.2, 0.25) is 0 Å². The van der Waals surface area contributed by atoms with E-state index < -0.39 is 47.3 Å². The van der Waals surface area contributed by atoms with Crippen molar-refractivity contribution >= 4 is 47.0 Å². The van der Waals surface area contributed by atoms with E-state index in [1.807, 2.05) is 0 Å². The van der Waals surface area contributed by atoms with Crippen LogP contribution >= 0.6 is 35.5 Å². The number of nitrogens with one attached hydrogen (secondary N) is 2. The molecule has 214 valence electrons. The molecule has 10 atom stereocenters. The van der Waals surface area contributed by atoms with Crippen molar-refractivity contribution in [2.24, 2.45) is 5.92 Å². The number of fused-ring (bicyclic) bond motifs is 1. The third kappa shape index (κ3) is 7.44. The van der Waals surface area contributed by atoms with E-state index in [-0.39, 0.29) is 30.1 Å². The maximum Gasteiger partial charge on any atom is 0.240 e. The van der Waals surface area contributed by atoms with E-state index in [0.717, 1.165) is 12.0 Å². The van der Waals surface area contributed by atoms with Gasteiger partial charge in [0, 0.05) is 30.9 Å². The molecule has 0 aliphatic carbocycles. The first-order chi connectivity index (χ1) is 18.1. The molecule has 0 aromatic heterocycles. The average Bonchev–Trinajstić information content (AvgIpc) is 3.17. The highest BCUT2D eigenvalue weighted by Gasteiger charge is 2.49. The van der Waals surface area contributed by atoms with Crippen molar-refractivity contribution in [1.29, 1.82) is 0 Å². The largest absolute Gasteiger partial charge is 0.388 e. The number of alkyl halides is 1. The minimum atomic E-state index is -1.41. The molecule has 0 radical (unpaired) electrons. The van der Waals surface area contributed by atoms with Gasteiger partial charge in [-0.3, -0.25) is 4.79 Å². The molecule has 3 aliphatic heterocycles. The summed E-state index contributed by atoms with van der Waals surface area (Å²) in [4.78, 5) is 13.4. The summed E-state index contributed by atoms with van der Waals surface area (Å²) in [5.41, 5.74) is 2.83. The second-order valence-electron chi connectivity index (χ2n) is 9.79. The number of ether oxygens (including phenoxy) is 2. The summed E-state index contributed by atoms with van der Waals surface area (Å²) in [6.07, 6.45) is 0.634. The lowest BCUT2D eigenvalue weighted by Crippen LogP contribution is -2.65. The van der Waals surface area contributed by atoms with Gasteiger partial charge in [0.05, 0.1) is 24.1 Å². The van der Waals surface area contributed by atoms with Gasteiger partial charge in [0.15, 0.2) is 0 Å². The van der Waals surface area contributed by atoms with Crippen molar-refractivity contribution in [3.63, 3.8) is 0 Å². The minimum Gasteiger partial charge on any atom is -0.388 e. The first-order valence-electron chi connectivity index (χ1n) is 12.6. The third-order valence-corrected chi connectivity index (χ3v) is 8.32. The molecule has 1 aromatic rings. The van der Waals surface area contributed by atoms with E-state index in [0.29, 0.717) is 13.2 Å². The molecule has 3 aliphatic rings. The highest BCUT2D eigenvalue weighted by Crippen LogP contribution is 2.34. The molecule has 12 heteroatoms. The average molecular weight is 593 g/mol. The Morgan fingerprint density at radius 2 is 1.84 bits per heavy atom. The van der Waals surface area contributed by atoms with Gasteiger partial charge >= 0.3 is 0 Å². The molecule has 38 heavy (non-hydrogen) atoms. The molecule has 1 aromatic carbocycles. The molecule has 4 rings (SSSR count). The third-order valence-electron chi connectivity index (χ3n) is 7.19. The number of thioether (sulfide) groups is 1. The van der Waals surface area contributed by atoms with Crippen LogP contribution in [0.25, 0.3) is 5.57 Å². The predicted molar refractivity (Wildman–Crippen MR) is 151 cm³/mol. The highest BCUT2D eigenvalue weighted by atomic mass is 35.5. The lowest BCUT2D eigenvalue weighted by molar-refractivity contribution is -0.205. The fourth-order valence-electron chi connectivity index (χ4n) is 5.15. The number of carbonyl (C=O) groups excluding carboxylic acids is 1. The molecule has 0 bridgehead atoms. The maximum atomic E-state index is 13.4. The molecule has 1 amide bonds.